The molecule has 0 atom stereocenters. The first-order valence-corrected chi connectivity index (χ1v) is 4.75. The third kappa shape index (κ3) is 1.79. The summed E-state index contributed by atoms with van der Waals surface area (Å²) in [6.07, 6.45) is 0.267. The van der Waals surface area contributed by atoms with Crippen molar-refractivity contribution in [3.8, 4) is 0 Å². The van der Waals surface area contributed by atoms with Crippen molar-refractivity contribution in [2.45, 2.75) is 6.42 Å². The van der Waals surface area contributed by atoms with E-state index in [4.69, 9.17) is 5.11 Å². The number of carbonyl (C=O) groups excluding carboxylic acids is 1. The van der Waals surface area contributed by atoms with Crippen LogP contribution in [0.4, 0.5) is 0 Å². The van der Waals surface area contributed by atoms with Crippen molar-refractivity contribution in [2.75, 3.05) is 7.05 Å². The Bertz CT molecular complexity index is 477. The quantitative estimate of drug-likeness (QED) is 0.803. The van der Waals surface area contributed by atoms with Gasteiger partial charge in [-0.05, 0) is 17.7 Å². The fraction of sp³-hybridized carbons (Fsp3) is 0.182. The Balaban J connectivity index is 2.26. The molecular weight excluding hydrogens is 208 g/mol. The molecule has 16 heavy (non-hydrogen) atoms. The molecule has 1 heterocycles. The number of nitrogens with zero attached hydrogens (tertiary/aromatic N) is 2. The highest BCUT2D eigenvalue weighted by molar-refractivity contribution is 6.13. The number of carbonyl (C=O) groups is 2. The van der Waals surface area contributed by atoms with E-state index in [9.17, 15) is 9.59 Å². The lowest BCUT2D eigenvalue weighted by molar-refractivity contribution is -0.127. The van der Waals surface area contributed by atoms with Crippen molar-refractivity contribution in [1.29, 1.82) is 0 Å². The van der Waals surface area contributed by atoms with Crippen molar-refractivity contribution < 1.29 is 14.7 Å². The summed E-state index contributed by atoms with van der Waals surface area (Å²) in [5.74, 6) is -1.02. The van der Waals surface area contributed by atoms with E-state index >= 15 is 0 Å². The number of carboxylic acid groups (broad SMARTS) is 1. The first kappa shape index (κ1) is 10.4. The second-order valence-electron chi connectivity index (χ2n) is 3.52. The minimum absolute atomic E-state index is 0.0580. The van der Waals surface area contributed by atoms with Crippen LogP contribution in [0.3, 0.4) is 0 Å². The zero-order valence-corrected chi connectivity index (χ0v) is 8.67. The Hall–Kier alpha value is -2.17. The monoisotopic (exact) mass is 218 g/mol. The minimum Gasteiger partial charge on any atom is -0.478 e. The van der Waals surface area contributed by atoms with Gasteiger partial charge in [0.1, 0.15) is 0 Å². The van der Waals surface area contributed by atoms with Crippen LogP contribution in [0.1, 0.15) is 22.3 Å². The van der Waals surface area contributed by atoms with E-state index in [2.05, 4.69) is 5.10 Å². The van der Waals surface area contributed by atoms with Gasteiger partial charge in [-0.2, -0.15) is 5.10 Å². The number of hydrogen-bond acceptors (Lipinski definition) is 3. The highest BCUT2D eigenvalue weighted by Gasteiger charge is 2.21. The van der Waals surface area contributed by atoms with Gasteiger partial charge in [-0.1, -0.05) is 12.1 Å². The van der Waals surface area contributed by atoms with E-state index < -0.39 is 5.97 Å². The lowest BCUT2D eigenvalue weighted by Gasteiger charge is -2.00. The third-order valence-corrected chi connectivity index (χ3v) is 2.42. The van der Waals surface area contributed by atoms with Gasteiger partial charge in [0.25, 0.3) is 0 Å². The number of amides is 1. The van der Waals surface area contributed by atoms with Gasteiger partial charge in [0, 0.05) is 7.05 Å². The molecule has 0 radical (unpaired) electrons. The maximum atomic E-state index is 11.3. The van der Waals surface area contributed by atoms with Crippen LogP contribution in [0.15, 0.2) is 29.4 Å². The molecule has 0 aliphatic carbocycles. The Morgan fingerprint density at radius 2 is 2.00 bits per heavy atom. The summed E-state index contributed by atoms with van der Waals surface area (Å²) in [5.41, 5.74) is 1.68. The second kappa shape index (κ2) is 3.77. The summed E-state index contributed by atoms with van der Waals surface area (Å²) < 4.78 is 0. The van der Waals surface area contributed by atoms with Gasteiger partial charge in [0.15, 0.2) is 0 Å². The average Bonchev–Trinajstić information content (AvgIpc) is 2.59. The zero-order chi connectivity index (χ0) is 11.7. The highest BCUT2D eigenvalue weighted by Crippen LogP contribution is 2.14. The molecule has 0 saturated carbocycles. The Kier molecular flexibility index (Phi) is 2.44. The molecule has 0 spiro atoms. The summed E-state index contributed by atoms with van der Waals surface area (Å²) >= 11 is 0. The Morgan fingerprint density at radius 3 is 2.44 bits per heavy atom. The minimum atomic E-state index is -0.965. The number of hydrogen-bond donors (Lipinski definition) is 1. The summed E-state index contributed by atoms with van der Waals surface area (Å²) in [4.78, 5) is 21.9. The van der Waals surface area contributed by atoms with Gasteiger partial charge >= 0.3 is 5.97 Å². The summed E-state index contributed by atoms with van der Waals surface area (Å²) in [6, 6.07) is 6.33. The van der Waals surface area contributed by atoms with Crippen LogP contribution in [0, 0.1) is 0 Å². The van der Waals surface area contributed by atoms with E-state index in [1.807, 2.05) is 0 Å². The molecule has 1 aliphatic heterocycles. The van der Waals surface area contributed by atoms with Crippen LogP contribution in [-0.4, -0.2) is 34.8 Å². The molecule has 1 aliphatic rings. The molecule has 0 fully saturated rings. The van der Waals surface area contributed by atoms with Crippen molar-refractivity contribution in [3.05, 3.63) is 35.4 Å². The first-order chi connectivity index (χ1) is 7.58. The highest BCUT2D eigenvalue weighted by atomic mass is 16.4. The van der Waals surface area contributed by atoms with Crippen LogP contribution in [-0.2, 0) is 4.79 Å². The van der Waals surface area contributed by atoms with E-state index in [0.717, 1.165) is 5.56 Å². The molecule has 1 aromatic rings. The lowest BCUT2D eigenvalue weighted by Crippen LogP contribution is -2.14. The predicted octanol–water partition coefficient (Wildman–Crippen LogP) is 0.951. The molecule has 0 unspecified atom stereocenters. The van der Waals surface area contributed by atoms with Crippen molar-refractivity contribution in [1.82, 2.24) is 5.01 Å². The van der Waals surface area contributed by atoms with E-state index in [1.54, 1.807) is 19.2 Å². The number of aromatic carboxylic acids is 1. The summed E-state index contributed by atoms with van der Waals surface area (Å²) in [6.45, 7) is 0. The standard InChI is InChI=1S/C11H10N2O3/c1-13-10(14)6-9(12-13)7-2-4-8(5-3-7)11(15)16/h2-5H,6H2,1H3,(H,15,16). The fourth-order valence-electron chi connectivity index (χ4n) is 1.49. The maximum Gasteiger partial charge on any atom is 0.335 e. The third-order valence-electron chi connectivity index (χ3n) is 2.42. The fourth-order valence-corrected chi connectivity index (χ4v) is 1.49. The van der Waals surface area contributed by atoms with Gasteiger partial charge in [0.2, 0.25) is 5.91 Å². The van der Waals surface area contributed by atoms with Gasteiger partial charge in [-0.3, -0.25) is 4.79 Å². The van der Waals surface area contributed by atoms with Crippen molar-refractivity contribution in [3.63, 3.8) is 0 Å². The van der Waals surface area contributed by atoms with Gasteiger partial charge in [0.05, 0.1) is 17.7 Å². The number of carboxylic acids is 1. The van der Waals surface area contributed by atoms with Gasteiger partial charge < -0.3 is 5.11 Å². The predicted molar refractivity (Wildman–Crippen MR) is 57.3 cm³/mol. The molecule has 1 N–H and O–H groups in total. The average molecular weight is 218 g/mol. The lowest BCUT2D eigenvalue weighted by atomic mass is 10.1. The molecule has 5 heteroatoms. The molecule has 0 saturated heterocycles. The molecule has 5 nitrogen and oxygen atoms in total. The Labute approximate surface area is 92.0 Å². The topological polar surface area (TPSA) is 70.0 Å². The van der Waals surface area contributed by atoms with E-state index in [-0.39, 0.29) is 17.9 Å². The molecule has 82 valence electrons. The second-order valence-corrected chi connectivity index (χ2v) is 3.52. The molecule has 2 rings (SSSR count). The van der Waals surface area contributed by atoms with Crippen LogP contribution in [0.5, 0.6) is 0 Å². The zero-order valence-electron chi connectivity index (χ0n) is 8.67. The van der Waals surface area contributed by atoms with Gasteiger partial charge in [-0.25, -0.2) is 9.80 Å². The normalized spacial score (nSPS) is 15.2. The van der Waals surface area contributed by atoms with E-state index in [1.165, 1.54) is 17.1 Å². The molecular formula is C11H10N2O3. The largest absolute Gasteiger partial charge is 0.478 e. The maximum absolute atomic E-state index is 11.3. The van der Waals surface area contributed by atoms with Gasteiger partial charge in [-0.15, -0.1) is 0 Å². The number of hydrazone groups is 1. The molecule has 1 amide bonds. The molecule has 0 aromatic heterocycles. The SMILES string of the molecule is CN1N=C(c2ccc(C(=O)O)cc2)CC1=O. The molecule has 1 aromatic carbocycles. The number of benzene rings is 1. The van der Waals surface area contributed by atoms with E-state index in [0.29, 0.717) is 5.71 Å². The van der Waals surface area contributed by atoms with Crippen molar-refractivity contribution >= 4 is 17.6 Å². The van der Waals surface area contributed by atoms with Crippen LogP contribution < -0.4 is 0 Å². The Morgan fingerprint density at radius 1 is 1.38 bits per heavy atom. The number of rotatable bonds is 2. The first-order valence-electron chi connectivity index (χ1n) is 4.75. The van der Waals surface area contributed by atoms with Crippen LogP contribution in [0.25, 0.3) is 0 Å². The van der Waals surface area contributed by atoms with Crippen molar-refractivity contribution in [2.24, 2.45) is 5.10 Å². The molecule has 0 bridgehead atoms. The summed E-state index contributed by atoms with van der Waals surface area (Å²) in [5, 5.41) is 14.1. The summed E-state index contributed by atoms with van der Waals surface area (Å²) in [7, 11) is 1.60. The smallest absolute Gasteiger partial charge is 0.335 e. The van der Waals surface area contributed by atoms with Crippen LogP contribution >= 0.6 is 0 Å². The van der Waals surface area contributed by atoms with Crippen LogP contribution in [0.2, 0.25) is 0 Å².